The minimum Gasteiger partial charge on any atom is -0.462 e. The summed E-state index contributed by atoms with van der Waals surface area (Å²) in [7, 11) is 0. The Morgan fingerprint density at radius 3 is 1.34 bits per heavy atom. The number of unbranched alkanes of at least 4 members (excludes halogenated alkanes) is 23. The SMILES string of the molecule is CCCCCCCCC(CCC)OC(=O)CCCCCCCN(CCCCCCCC(=O)OC(CCCCCCCC)CCCCCCCC)CCCNc1c(NC2CCOCC2)c(=O)c1=O. The van der Waals surface area contributed by atoms with Crippen LogP contribution in [0, 0.1) is 0 Å². The predicted octanol–water partition coefficient (Wildman–Crippen LogP) is 14.5. The number of nitrogens with one attached hydrogen (secondary N) is 2. The fourth-order valence-corrected chi connectivity index (χ4v) is 9.66. The molecule has 0 aromatic heterocycles. The van der Waals surface area contributed by atoms with Gasteiger partial charge in [-0.15, -0.1) is 0 Å². The summed E-state index contributed by atoms with van der Waals surface area (Å²) in [5, 5.41) is 6.61. The number of hydrogen-bond acceptors (Lipinski definition) is 10. The molecule has 0 radical (unpaired) electrons. The number of esters is 2. The summed E-state index contributed by atoms with van der Waals surface area (Å²) in [4.78, 5) is 53.1. The van der Waals surface area contributed by atoms with Crippen LogP contribution in [-0.2, 0) is 23.8 Å². The molecule has 10 heteroatoms. The molecule has 2 rings (SSSR count). The number of ether oxygens (including phenoxy) is 3. The molecule has 10 nitrogen and oxygen atoms in total. The van der Waals surface area contributed by atoms with Crippen LogP contribution in [0.5, 0.6) is 0 Å². The lowest BCUT2D eigenvalue weighted by Crippen LogP contribution is -2.41. The van der Waals surface area contributed by atoms with Gasteiger partial charge in [-0.1, -0.05) is 169 Å². The van der Waals surface area contributed by atoms with Crippen LogP contribution in [-0.4, -0.2) is 74.5 Å². The molecule has 390 valence electrons. The van der Waals surface area contributed by atoms with Gasteiger partial charge in [-0.25, -0.2) is 0 Å². The minimum atomic E-state index is -0.414. The summed E-state index contributed by atoms with van der Waals surface area (Å²) in [6, 6.07) is 0.167. The summed E-state index contributed by atoms with van der Waals surface area (Å²) >= 11 is 0. The zero-order valence-electron chi connectivity index (χ0n) is 44.1. The third-order valence-electron chi connectivity index (χ3n) is 14.0. The topological polar surface area (TPSA) is 123 Å². The van der Waals surface area contributed by atoms with Crippen molar-refractivity contribution in [1.82, 2.24) is 4.90 Å². The molecule has 1 heterocycles. The van der Waals surface area contributed by atoms with Crippen LogP contribution >= 0.6 is 0 Å². The normalized spacial score (nSPS) is 13.8. The van der Waals surface area contributed by atoms with Crippen LogP contribution in [0.2, 0.25) is 0 Å². The Bertz CT molecular complexity index is 1370. The van der Waals surface area contributed by atoms with Crippen molar-refractivity contribution in [2.75, 3.05) is 50.0 Å². The number of hydrogen-bond donors (Lipinski definition) is 2. The van der Waals surface area contributed by atoms with Crippen molar-refractivity contribution in [3.05, 3.63) is 20.4 Å². The summed E-state index contributed by atoms with van der Waals surface area (Å²) in [5.41, 5.74) is 0.0683. The highest BCUT2D eigenvalue weighted by Crippen LogP contribution is 2.21. The maximum atomic E-state index is 12.9. The summed E-state index contributed by atoms with van der Waals surface area (Å²) in [6.07, 6.45) is 42.2. The molecule has 0 saturated carbocycles. The van der Waals surface area contributed by atoms with E-state index in [9.17, 15) is 19.2 Å². The maximum absolute atomic E-state index is 12.9. The molecule has 1 atom stereocenters. The molecule has 0 spiro atoms. The van der Waals surface area contributed by atoms with Crippen molar-refractivity contribution in [3.8, 4) is 0 Å². The number of carbonyl (C=O) groups excluding carboxylic acids is 2. The molecule has 0 aliphatic carbocycles. The fourth-order valence-electron chi connectivity index (χ4n) is 9.66. The monoisotopic (exact) mass is 944 g/mol. The van der Waals surface area contributed by atoms with E-state index in [-0.39, 0.29) is 30.2 Å². The van der Waals surface area contributed by atoms with Crippen molar-refractivity contribution in [1.29, 1.82) is 0 Å². The zero-order chi connectivity index (χ0) is 48.4. The van der Waals surface area contributed by atoms with Crippen molar-refractivity contribution >= 4 is 23.3 Å². The van der Waals surface area contributed by atoms with Crippen LogP contribution in [0.4, 0.5) is 11.4 Å². The highest BCUT2D eigenvalue weighted by Gasteiger charge is 2.24. The van der Waals surface area contributed by atoms with E-state index in [4.69, 9.17) is 14.2 Å². The van der Waals surface area contributed by atoms with Gasteiger partial charge in [0.15, 0.2) is 0 Å². The average molecular weight is 944 g/mol. The van der Waals surface area contributed by atoms with Gasteiger partial charge in [0.2, 0.25) is 0 Å². The lowest BCUT2D eigenvalue weighted by Gasteiger charge is -2.26. The fraction of sp³-hybridized carbons (Fsp3) is 0.895. The van der Waals surface area contributed by atoms with E-state index in [0.717, 1.165) is 154 Å². The molecule has 2 N–H and O–H groups in total. The lowest BCUT2D eigenvalue weighted by molar-refractivity contribution is -0.151. The number of nitrogens with zero attached hydrogens (tertiary/aromatic N) is 1. The largest absolute Gasteiger partial charge is 0.462 e. The molecule has 1 fully saturated rings. The van der Waals surface area contributed by atoms with Crippen LogP contribution in [0.25, 0.3) is 0 Å². The second kappa shape index (κ2) is 42.4. The van der Waals surface area contributed by atoms with Gasteiger partial charge in [-0.2, -0.15) is 0 Å². The Hall–Kier alpha value is -2.46. The van der Waals surface area contributed by atoms with E-state index >= 15 is 0 Å². The van der Waals surface area contributed by atoms with E-state index in [1.54, 1.807) is 0 Å². The third kappa shape index (κ3) is 31.4. The van der Waals surface area contributed by atoms with E-state index in [0.29, 0.717) is 44.0 Å². The molecule has 1 unspecified atom stereocenters. The lowest BCUT2D eigenvalue weighted by atomic mass is 10.0. The van der Waals surface area contributed by atoms with Gasteiger partial charge in [-0.3, -0.25) is 19.2 Å². The van der Waals surface area contributed by atoms with E-state index in [1.165, 1.54) is 96.3 Å². The zero-order valence-corrected chi connectivity index (χ0v) is 44.1. The molecular weight excluding hydrogens is 839 g/mol. The number of carbonyl (C=O) groups is 2. The first-order chi connectivity index (χ1) is 32.8. The summed E-state index contributed by atoms with van der Waals surface area (Å²) in [6.45, 7) is 13.9. The van der Waals surface area contributed by atoms with Gasteiger partial charge in [0.1, 0.15) is 23.6 Å². The Labute approximate surface area is 411 Å². The third-order valence-corrected chi connectivity index (χ3v) is 14.0. The first-order valence-corrected chi connectivity index (χ1v) is 28.8. The predicted molar refractivity (Wildman–Crippen MR) is 282 cm³/mol. The second-order valence-corrected chi connectivity index (χ2v) is 20.3. The maximum Gasteiger partial charge on any atom is 0.306 e. The average Bonchev–Trinajstić information content (AvgIpc) is 3.33. The van der Waals surface area contributed by atoms with Gasteiger partial charge in [0.25, 0.3) is 10.9 Å². The quantitative estimate of drug-likeness (QED) is 0.0371. The Morgan fingerprint density at radius 2 is 0.881 bits per heavy atom. The molecule has 1 aliphatic rings. The van der Waals surface area contributed by atoms with E-state index in [1.807, 2.05) is 0 Å². The molecule has 67 heavy (non-hydrogen) atoms. The van der Waals surface area contributed by atoms with Crippen LogP contribution in [0.3, 0.4) is 0 Å². The number of anilines is 2. The van der Waals surface area contributed by atoms with Gasteiger partial charge in [0.05, 0.1) is 0 Å². The van der Waals surface area contributed by atoms with Crippen molar-refractivity contribution in [3.63, 3.8) is 0 Å². The van der Waals surface area contributed by atoms with Crippen molar-refractivity contribution in [2.24, 2.45) is 0 Å². The summed E-state index contributed by atoms with van der Waals surface area (Å²) in [5.74, 6) is -0.0260. The molecule has 1 aromatic rings. The Balaban J connectivity index is 1.75. The summed E-state index contributed by atoms with van der Waals surface area (Å²) < 4.78 is 17.5. The molecular formula is C57H105N3O7. The van der Waals surface area contributed by atoms with Gasteiger partial charge in [-0.05, 0) is 110 Å². The van der Waals surface area contributed by atoms with Crippen molar-refractivity contribution < 1.29 is 23.8 Å². The highest BCUT2D eigenvalue weighted by atomic mass is 16.5. The number of rotatable bonds is 48. The molecule has 0 bridgehead atoms. The molecule has 1 aromatic carbocycles. The molecule has 0 amide bonds. The van der Waals surface area contributed by atoms with Gasteiger partial charge < -0.3 is 29.7 Å². The smallest absolute Gasteiger partial charge is 0.306 e. The standard InChI is InChI=1S/C57H105N3O7/c1-5-9-12-15-20-27-36-50(35-8-4)66-52(61)39-30-23-18-25-32-44-60(46-34-43-58-54-55(57(64)56(54)63)59-49-41-47-65-48-42-49)45-33-26-19-24-31-40-53(62)67-51(37-28-21-16-13-10-6-2)38-29-22-17-14-11-7-3/h49-51,58-59H,5-48H2,1-4H3. The Morgan fingerprint density at radius 1 is 0.493 bits per heavy atom. The van der Waals surface area contributed by atoms with Crippen LogP contribution in [0.1, 0.15) is 272 Å². The Kier molecular flexibility index (Phi) is 38.4. The van der Waals surface area contributed by atoms with Crippen LogP contribution in [0.15, 0.2) is 9.59 Å². The second-order valence-electron chi connectivity index (χ2n) is 20.3. The van der Waals surface area contributed by atoms with Gasteiger partial charge >= 0.3 is 11.9 Å². The van der Waals surface area contributed by atoms with Crippen molar-refractivity contribution in [2.45, 2.75) is 290 Å². The minimum absolute atomic E-state index is 0.00341. The van der Waals surface area contributed by atoms with E-state index < -0.39 is 10.9 Å². The molecule has 1 aliphatic heterocycles. The van der Waals surface area contributed by atoms with E-state index in [2.05, 4.69) is 43.2 Å². The first-order valence-electron chi connectivity index (χ1n) is 28.8. The molecule has 1 saturated heterocycles. The first kappa shape index (κ1) is 60.7. The van der Waals surface area contributed by atoms with Crippen LogP contribution < -0.4 is 21.5 Å². The highest BCUT2D eigenvalue weighted by molar-refractivity contribution is 5.74. The van der Waals surface area contributed by atoms with Gasteiger partial charge in [0, 0.05) is 38.6 Å².